The highest BCUT2D eigenvalue weighted by Crippen LogP contribution is 2.28. The topological polar surface area (TPSA) is 66.5 Å². The van der Waals surface area contributed by atoms with Crippen molar-refractivity contribution in [3.05, 3.63) is 47.8 Å². The van der Waals surface area contributed by atoms with Crippen molar-refractivity contribution in [1.29, 1.82) is 0 Å². The van der Waals surface area contributed by atoms with Crippen LogP contribution < -0.4 is 0 Å². The molecule has 0 aromatic carbocycles. The number of aromatic nitrogens is 3. The monoisotopic (exact) mass is 309 g/mol. The van der Waals surface area contributed by atoms with Gasteiger partial charge in [-0.3, -0.25) is 9.89 Å². The summed E-state index contributed by atoms with van der Waals surface area (Å²) in [6, 6.07) is 5.59. The average molecular weight is 309 g/mol. The molecule has 23 heavy (non-hydrogen) atoms. The van der Waals surface area contributed by atoms with E-state index < -0.39 is 0 Å². The van der Waals surface area contributed by atoms with Gasteiger partial charge >= 0.3 is 0 Å². The van der Waals surface area contributed by atoms with Crippen LogP contribution in [-0.2, 0) is 13.0 Å². The highest BCUT2D eigenvalue weighted by Gasteiger charge is 2.25. The fourth-order valence-corrected chi connectivity index (χ4v) is 3.09. The van der Waals surface area contributed by atoms with Gasteiger partial charge in [0, 0.05) is 43.7 Å². The maximum atomic E-state index is 10.4. The Morgan fingerprint density at radius 3 is 3.00 bits per heavy atom. The van der Waals surface area contributed by atoms with Gasteiger partial charge in [0.15, 0.2) is 5.82 Å². The van der Waals surface area contributed by atoms with E-state index in [0.29, 0.717) is 5.82 Å². The van der Waals surface area contributed by atoms with Crippen LogP contribution >= 0.6 is 0 Å². The molecule has 2 aliphatic rings. The lowest BCUT2D eigenvalue weighted by atomic mass is 10.1. The second-order valence-corrected chi connectivity index (χ2v) is 5.87. The van der Waals surface area contributed by atoms with E-state index in [1.165, 1.54) is 4.68 Å². The van der Waals surface area contributed by atoms with E-state index in [9.17, 15) is 5.11 Å². The summed E-state index contributed by atoms with van der Waals surface area (Å²) in [6.45, 7) is 3.37. The fraction of sp³-hybridized carbons (Fsp3) is 0.353. The van der Waals surface area contributed by atoms with Crippen molar-refractivity contribution < 1.29 is 5.11 Å². The highest BCUT2D eigenvalue weighted by atomic mass is 16.3. The van der Waals surface area contributed by atoms with Crippen molar-refractivity contribution in [3.8, 4) is 11.7 Å². The minimum Gasteiger partial charge on any atom is -0.493 e. The van der Waals surface area contributed by atoms with E-state index in [-0.39, 0.29) is 5.88 Å². The van der Waals surface area contributed by atoms with Gasteiger partial charge in [0.1, 0.15) is 0 Å². The van der Waals surface area contributed by atoms with E-state index in [0.717, 1.165) is 56.0 Å². The summed E-state index contributed by atoms with van der Waals surface area (Å²) >= 11 is 0. The molecule has 0 aliphatic carbocycles. The Labute approximate surface area is 134 Å². The predicted molar refractivity (Wildman–Crippen MR) is 88.1 cm³/mol. The summed E-state index contributed by atoms with van der Waals surface area (Å²) in [5, 5.41) is 15.0. The second-order valence-electron chi connectivity index (χ2n) is 5.87. The van der Waals surface area contributed by atoms with Crippen LogP contribution in [0.5, 0.6) is 5.88 Å². The van der Waals surface area contributed by atoms with Crippen molar-refractivity contribution >= 4 is 5.71 Å². The van der Waals surface area contributed by atoms with Crippen molar-refractivity contribution in [3.63, 3.8) is 0 Å². The number of dihydropyridines is 1. The number of aliphatic imine (C=N–C) groups is 1. The number of nitrogens with zero attached hydrogens (tertiary/aromatic N) is 5. The molecule has 0 spiro atoms. The molecule has 0 fully saturated rings. The second kappa shape index (κ2) is 5.96. The SMILES string of the molecule is Oc1c2c(nn1-c1ccccn1)CN(CC1=NCCC=C1)CC2. The fourth-order valence-electron chi connectivity index (χ4n) is 3.09. The first-order valence-corrected chi connectivity index (χ1v) is 7.94. The van der Waals surface area contributed by atoms with Crippen molar-refractivity contribution in [1.82, 2.24) is 19.7 Å². The van der Waals surface area contributed by atoms with Crippen LogP contribution in [0.15, 0.2) is 41.5 Å². The lowest BCUT2D eigenvalue weighted by molar-refractivity contribution is 0.285. The van der Waals surface area contributed by atoms with Gasteiger partial charge in [-0.25, -0.2) is 4.98 Å². The molecule has 2 aromatic rings. The molecule has 0 radical (unpaired) electrons. The smallest absolute Gasteiger partial charge is 0.219 e. The largest absolute Gasteiger partial charge is 0.493 e. The molecule has 6 heteroatoms. The van der Waals surface area contributed by atoms with Gasteiger partial charge in [-0.15, -0.1) is 0 Å². The standard InChI is InChI=1S/C17H19N5O/c23-17-14-7-10-21(11-13-5-1-3-8-18-13)12-15(14)20-22(17)16-6-2-4-9-19-16/h1-2,4-6,9,23H,3,7-8,10-12H2. The van der Waals surface area contributed by atoms with Crippen LogP contribution in [0.3, 0.4) is 0 Å². The van der Waals surface area contributed by atoms with Gasteiger partial charge in [0.25, 0.3) is 0 Å². The first-order valence-electron chi connectivity index (χ1n) is 7.94. The minimum absolute atomic E-state index is 0.216. The van der Waals surface area contributed by atoms with Crippen molar-refractivity contribution in [2.24, 2.45) is 4.99 Å². The molecule has 2 aliphatic heterocycles. The molecule has 4 rings (SSSR count). The first-order chi connectivity index (χ1) is 11.3. The van der Waals surface area contributed by atoms with Crippen LogP contribution in [0.25, 0.3) is 5.82 Å². The number of aromatic hydroxyl groups is 1. The van der Waals surface area contributed by atoms with Crippen LogP contribution in [0.2, 0.25) is 0 Å². The zero-order valence-corrected chi connectivity index (χ0v) is 12.9. The molecule has 6 nitrogen and oxygen atoms in total. The van der Waals surface area contributed by atoms with E-state index in [4.69, 9.17) is 0 Å². The number of fused-ring (bicyclic) bond motifs is 1. The molecule has 0 unspecified atom stereocenters. The summed E-state index contributed by atoms with van der Waals surface area (Å²) in [5.41, 5.74) is 3.00. The molecule has 0 saturated heterocycles. The Kier molecular flexibility index (Phi) is 3.67. The molecule has 4 heterocycles. The van der Waals surface area contributed by atoms with E-state index in [2.05, 4.69) is 32.1 Å². The summed E-state index contributed by atoms with van der Waals surface area (Å²) in [7, 11) is 0. The van der Waals surface area contributed by atoms with Crippen molar-refractivity contribution in [2.75, 3.05) is 19.6 Å². The number of rotatable bonds is 3. The lowest BCUT2D eigenvalue weighted by Crippen LogP contribution is -2.34. The van der Waals surface area contributed by atoms with Gasteiger partial charge in [-0.05, 0) is 31.1 Å². The quantitative estimate of drug-likeness (QED) is 0.938. The van der Waals surface area contributed by atoms with Gasteiger partial charge in [-0.2, -0.15) is 9.78 Å². The summed E-state index contributed by atoms with van der Waals surface area (Å²) in [5.74, 6) is 0.860. The Balaban J connectivity index is 1.56. The molecular weight excluding hydrogens is 290 g/mol. The van der Waals surface area contributed by atoms with Gasteiger partial charge in [0.05, 0.1) is 5.69 Å². The average Bonchev–Trinajstić information content (AvgIpc) is 2.93. The third-order valence-electron chi connectivity index (χ3n) is 4.26. The third-order valence-corrected chi connectivity index (χ3v) is 4.26. The molecule has 0 atom stereocenters. The van der Waals surface area contributed by atoms with E-state index in [1.54, 1.807) is 6.20 Å². The summed E-state index contributed by atoms with van der Waals surface area (Å²) < 4.78 is 1.53. The van der Waals surface area contributed by atoms with E-state index in [1.807, 2.05) is 18.2 Å². The molecule has 0 amide bonds. The van der Waals surface area contributed by atoms with E-state index >= 15 is 0 Å². The van der Waals surface area contributed by atoms with Gasteiger partial charge in [-0.1, -0.05) is 12.1 Å². The number of pyridine rings is 1. The molecule has 0 bridgehead atoms. The Hall–Kier alpha value is -2.47. The summed E-state index contributed by atoms with van der Waals surface area (Å²) in [6.07, 6.45) is 7.83. The highest BCUT2D eigenvalue weighted by molar-refractivity contribution is 5.97. The maximum Gasteiger partial charge on any atom is 0.219 e. The molecule has 0 saturated carbocycles. The van der Waals surface area contributed by atoms with Gasteiger partial charge < -0.3 is 5.11 Å². The van der Waals surface area contributed by atoms with Gasteiger partial charge in [0.2, 0.25) is 5.88 Å². The first kappa shape index (κ1) is 14.1. The lowest BCUT2D eigenvalue weighted by Gasteiger charge is -2.26. The van der Waals surface area contributed by atoms with Crippen LogP contribution in [0.4, 0.5) is 0 Å². The molecule has 2 aromatic heterocycles. The molecular formula is C17H19N5O. The summed E-state index contributed by atoms with van der Waals surface area (Å²) in [4.78, 5) is 11.1. The Bertz CT molecular complexity index is 763. The Morgan fingerprint density at radius 1 is 1.26 bits per heavy atom. The van der Waals surface area contributed by atoms with Crippen LogP contribution in [0, 0.1) is 0 Å². The predicted octanol–water partition coefficient (Wildman–Crippen LogP) is 1.73. The maximum absolute atomic E-state index is 10.4. The Morgan fingerprint density at radius 2 is 2.22 bits per heavy atom. The number of hydrogen-bond acceptors (Lipinski definition) is 5. The normalized spacial score (nSPS) is 17.8. The zero-order valence-electron chi connectivity index (χ0n) is 12.9. The van der Waals surface area contributed by atoms with Crippen molar-refractivity contribution in [2.45, 2.75) is 19.4 Å². The minimum atomic E-state index is 0.216. The van der Waals surface area contributed by atoms with Crippen LogP contribution in [0.1, 0.15) is 17.7 Å². The molecule has 118 valence electrons. The number of hydrogen-bond donors (Lipinski definition) is 1. The zero-order chi connectivity index (χ0) is 15.6. The molecule has 1 N–H and O–H groups in total. The van der Waals surface area contributed by atoms with Crippen LogP contribution in [-0.4, -0.2) is 50.1 Å². The third kappa shape index (κ3) is 2.77.